The predicted octanol–water partition coefficient (Wildman–Crippen LogP) is -0.0153. The number of likely N-dealkylation sites (N-methyl/N-ethyl adjacent to an activating group) is 1. The Hall–Kier alpha value is -0.850. The minimum absolute atomic E-state index is 0.123. The SMILES string of the molecule is CC(CC(N)=NO)N(C)CC1(O)CCOCC1. The first-order valence-corrected chi connectivity index (χ1v) is 5.93. The number of ether oxygens (including phenoxy) is 1. The number of nitrogens with two attached hydrogens (primary N) is 1. The Morgan fingerprint density at radius 2 is 2.12 bits per heavy atom. The van der Waals surface area contributed by atoms with Gasteiger partial charge in [0, 0.05) is 45.1 Å². The summed E-state index contributed by atoms with van der Waals surface area (Å²) in [5.74, 6) is 0.211. The third kappa shape index (κ3) is 4.49. The standard InChI is InChI=1S/C11H23N3O3/c1-9(7-10(12)13-16)14(2)8-11(15)3-5-17-6-4-11/h9,15-16H,3-8H2,1-2H3,(H2,12,13). The minimum Gasteiger partial charge on any atom is -0.409 e. The van der Waals surface area contributed by atoms with Gasteiger partial charge in [-0.1, -0.05) is 5.16 Å². The van der Waals surface area contributed by atoms with E-state index in [0.717, 1.165) is 0 Å². The maximum atomic E-state index is 10.3. The zero-order valence-corrected chi connectivity index (χ0v) is 10.6. The van der Waals surface area contributed by atoms with Gasteiger partial charge in [-0.05, 0) is 14.0 Å². The molecule has 1 atom stereocenters. The normalized spacial score (nSPS) is 22.7. The van der Waals surface area contributed by atoms with Crippen LogP contribution in [-0.4, -0.2) is 59.5 Å². The van der Waals surface area contributed by atoms with Crippen molar-refractivity contribution in [1.29, 1.82) is 0 Å². The number of rotatable bonds is 5. The first-order valence-electron chi connectivity index (χ1n) is 5.93. The van der Waals surface area contributed by atoms with Crippen LogP contribution in [0.4, 0.5) is 0 Å². The van der Waals surface area contributed by atoms with Crippen molar-refractivity contribution in [2.45, 2.75) is 37.8 Å². The van der Waals surface area contributed by atoms with Crippen LogP contribution < -0.4 is 5.73 Å². The molecule has 1 aliphatic rings. The summed E-state index contributed by atoms with van der Waals surface area (Å²) in [6.45, 7) is 3.79. The number of hydrogen-bond acceptors (Lipinski definition) is 5. The third-order valence-electron chi connectivity index (χ3n) is 3.35. The fourth-order valence-corrected chi connectivity index (χ4v) is 2.03. The van der Waals surface area contributed by atoms with Crippen molar-refractivity contribution < 1.29 is 15.1 Å². The molecule has 1 rings (SSSR count). The van der Waals surface area contributed by atoms with Gasteiger partial charge in [-0.3, -0.25) is 0 Å². The molecule has 0 radical (unpaired) electrons. The lowest BCUT2D eigenvalue weighted by Gasteiger charge is -2.37. The molecule has 6 heteroatoms. The summed E-state index contributed by atoms with van der Waals surface area (Å²) in [4.78, 5) is 2.03. The highest BCUT2D eigenvalue weighted by atomic mass is 16.5. The Morgan fingerprint density at radius 3 is 2.65 bits per heavy atom. The second-order valence-electron chi connectivity index (χ2n) is 4.90. The first-order chi connectivity index (χ1) is 7.97. The molecular formula is C11H23N3O3. The Balaban J connectivity index is 2.44. The molecule has 1 unspecified atom stereocenters. The zero-order chi connectivity index (χ0) is 12.9. The molecule has 17 heavy (non-hydrogen) atoms. The van der Waals surface area contributed by atoms with Crippen LogP contribution >= 0.6 is 0 Å². The Morgan fingerprint density at radius 1 is 1.53 bits per heavy atom. The largest absolute Gasteiger partial charge is 0.409 e. The molecule has 0 amide bonds. The summed E-state index contributed by atoms with van der Waals surface area (Å²) >= 11 is 0. The van der Waals surface area contributed by atoms with Gasteiger partial charge in [0.15, 0.2) is 0 Å². The predicted molar refractivity (Wildman–Crippen MR) is 65.1 cm³/mol. The van der Waals surface area contributed by atoms with Crippen LogP contribution in [0.15, 0.2) is 5.16 Å². The minimum atomic E-state index is -0.674. The van der Waals surface area contributed by atoms with Crippen molar-refractivity contribution in [2.24, 2.45) is 10.9 Å². The lowest BCUT2D eigenvalue weighted by molar-refractivity contribution is -0.0804. The van der Waals surface area contributed by atoms with E-state index in [2.05, 4.69) is 5.16 Å². The molecule has 0 aliphatic carbocycles. The van der Waals surface area contributed by atoms with Crippen LogP contribution in [0.1, 0.15) is 26.2 Å². The van der Waals surface area contributed by atoms with Crippen molar-refractivity contribution in [2.75, 3.05) is 26.8 Å². The molecule has 6 nitrogen and oxygen atoms in total. The van der Waals surface area contributed by atoms with Crippen LogP contribution in [0.3, 0.4) is 0 Å². The molecule has 0 aromatic heterocycles. The van der Waals surface area contributed by atoms with E-state index in [1.54, 1.807) is 0 Å². The summed E-state index contributed by atoms with van der Waals surface area (Å²) in [6, 6.07) is 0.123. The molecule has 0 spiro atoms. The molecule has 1 aliphatic heterocycles. The quantitative estimate of drug-likeness (QED) is 0.274. The highest BCUT2D eigenvalue weighted by Gasteiger charge is 2.32. The third-order valence-corrected chi connectivity index (χ3v) is 3.35. The summed E-state index contributed by atoms with van der Waals surface area (Å²) < 4.78 is 5.24. The number of hydrogen-bond donors (Lipinski definition) is 3. The molecule has 4 N–H and O–H groups in total. The second kappa shape index (κ2) is 6.18. The van der Waals surface area contributed by atoms with Crippen LogP contribution in [0.25, 0.3) is 0 Å². The lowest BCUT2D eigenvalue weighted by atomic mass is 9.93. The molecule has 1 heterocycles. The van der Waals surface area contributed by atoms with E-state index in [1.165, 1.54) is 0 Å². The van der Waals surface area contributed by atoms with E-state index in [9.17, 15) is 5.11 Å². The maximum Gasteiger partial charge on any atom is 0.140 e. The first kappa shape index (κ1) is 14.2. The highest BCUT2D eigenvalue weighted by molar-refractivity contribution is 5.80. The van der Waals surface area contributed by atoms with E-state index in [4.69, 9.17) is 15.7 Å². The number of nitrogens with zero attached hydrogens (tertiary/aromatic N) is 2. The van der Waals surface area contributed by atoms with Gasteiger partial charge in [-0.15, -0.1) is 0 Å². The summed E-state index contributed by atoms with van der Waals surface area (Å²) in [5, 5.41) is 21.8. The van der Waals surface area contributed by atoms with Gasteiger partial charge in [-0.25, -0.2) is 0 Å². The van der Waals surface area contributed by atoms with Crippen molar-refractivity contribution in [3.63, 3.8) is 0 Å². The number of oxime groups is 1. The van der Waals surface area contributed by atoms with Gasteiger partial charge in [0.25, 0.3) is 0 Å². The average Bonchev–Trinajstić information content (AvgIpc) is 2.29. The highest BCUT2D eigenvalue weighted by Crippen LogP contribution is 2.22. The van der Waals surface area contributed by atoms with Crippen molar-refractivity contribution in [3.05, 3.63) is 0 Å². The summed E-state index contributed by atoms with van der Waals surface area (Å²) in [6.07, 6.45) is 1.81. The molecule has 0 aromatic carbocycles. The van der Waals surface area contributed by atoms with Crippen LogP contribution in [-0.2, 0) is 4.74 Å². The average molecular weight is 245 g/mol. The molecule has 1 fully saturated rings. The second-order valence-corrected chi connectivity index (χ2v) is 4.90. The zero-order valence-electron chi connectivity index (χ0n) is 10.6. The fraction of sp³-hybridized carbons (Fsp3) is 0.909. The van der Waals surface area contributed by atoms with Gasteiger partial charge in [0.1, 0.15) is 5.84 Å². The van der Waals surface area contributed by atoms with Crippen molar-refractivity contribution in [1.82, 2.24) is 4.90 Å². The molecule has 0 aromatic rings. The monoisotopic (exact) mass is 245 g/mol. The number of amidine groups is 1. The van der Waals surface area contributed by atoms with E-state index in [-0.39, 0.29) is 11.9 Å². The molecule has 100 valence electrons. The van der Waals surface area contributed by atoms with Crippen LogP contribution in [0, 0.1) is 0 Å². The topological polar surface area (TPSA) is 91.3 Å². The number of aliphatic hydroxyl groups is 1. The fourth-order valence-electron chi connectivity index (χ4n) is 2.03. The summed E-state index contributed by atoms with van der Waals surface area (Å²) in [7, 11) is 1.93. The Bertz CT molecular complexity index is 265. The lowest BCUT2D eigenvalue weighted by Crippen LogP contribution is -2.48. The van der Waals surface area contributed by atoms with E-state index in [0.29, 0.717) is 39.0 Å². The van der Waals surface area contributed by atoms with Crippen LogP contribution in [0.2, 0.25) is 0 Å². The molecular weight excluding hydrogens is 222 g/mol. The maximum absolute atomic E-state index is 10.3. The van der Waals surface area contributed by atoms with Gasteiger partial charge >= 0.3 is 0 Å². The summed E-state index contributed by atoms with van der Waals surface area (Å²) in [5.41, 5.74) is 4.79. The molecule has 1 saturated heterocycles. The van der Waals surface area contributed by atoms with Gasteiger partial charge in [-0.2, -0.15) is 0 Å². The van der Waals surface area contributed by atoms with E-state index < -0.39 is 5.60 Å². The Kier molecular flexibility index (Phi) is 5.17. The molecule has 0 saturated carbocycles. The van der Waals surface area contributed by atoms with E-state index in [1.807, 2.05) is 18.9 Å². The smallest absolute Gasteiger partial charge is 0.140 e. The van der Waals surface area contributed by atoms with E-state index >= 15 is 0 Å². The Labute approximate surface area is 102 Å². The van der Waals surface area contributed by atoms with Crippen molar-refractivity contribution in [3.8, 4) is 0 Å². The van der Waals surface area contributed by atoms with Gasteiger partial charge < -0.3 is 25.7 Å². The van der Waals surface area contributed by atoms with Crippen molar-refractivity contribution >= 4 is 5.84 Å². The van der Waals surface area contributed by atoms with Gasteiger partial charge in [0.2, 0.25) is 0 Å². The van der Waals surface area contributed by atoms with Crippen LogP contribution in [0.5, 0.6) is 0 Å². The van der Waals surface area contributed by atoms with Gasteiger partial charge in [0.05, 0.1) is 5.60 Å². The molecule has 0 bridgehead atoms.